The van der Waals surface area contributed by atoms with E-state index in [0.717, 1.165) is 19.3 Å². The smallest absolute Gasteiger partial charge is 0.333 e. The zero-order valence-corrected chi connectivity index (χ0v) is 9.08. The lowest BCUT2D eigenvalue weighted by Crippen LogP contribution is -2.07. The monoisotopic (exact) mass is 200 g/mol. The molecule has 0 bridgehead atoms. The van der Waals surface area contributed by atoms with Gasteiger partial charge in [0.1, 0.15) is 0 Å². The molecule has 0 aliphatic carbocycles. The van der Waals surface area contributed by atoms with Crippen LogP contribution >= 0.6 is 0 Å². The molecular formula is C11H20O3. The number of hydrogen-bond acceptors (Lipinski definition) is 3. The summed E-state index contributed by atoms with van der Waals surface area (Å²) in [5.41, 5.74) is 0.439. The van der Waals surface area contributed by atoms with Crippen LogP contribution in [0.2, 0.25) is 0 Å². The van der Waals surface area contributed by atoms with Gasteiger partial charge in [0.2, 0.25) is 0 Å². The second-order valence-corrected chi connectivity index (χ2v) is 3.70. The Labute approximate surface area is 85.8 Å². The molecule has 3 nitrogen and oxygen atoms in total. The molecule has 0 radical (unpaired) electrons. The first kappa shape index (κ1) is 13.2. The van der Waals surface area contributed by atoms with Gasteiger partial charge in [-0.05, 0) is 32.1 Å². The Kier molecular flexibility index (Phi) is 7.11. The molecule has 0 aromatic heterocycles. The third-order valence-electron chi connectivity index (χ3n) is 1.98. The molecule has 1 N–H and O–H groups in total. The highest BCUT2D eigenvalue weighted by Crippen LogP contribution is 2.06. The molecular weight excluding hydrogens is 180 g/mol. The standard InChI is InChI=1S/C11H20O3/c1-9(2)11(13)14-7-5-4-6-10(3)8-12/h10,12H,1,4-8H2,2-3H3. The Morgan fingerprint density at radius 1 is 1.50 bits per heavy atom. The van der Waals surface area contributed by atoms with Crippen LogP contribution < -0.4 is 0 Å². The normalized spacial score (nSPS) is 12.2. The van der Waals surface area contributed by atoms with E-state index in [9.17, 15) is 4.79 Å². The van der Waals surface area contributed by atoms with E-state index in [1.807, 2.05) is 6.92 Å². The molecule has 0 amide bonds. The minimum absolute atomic E-state index is 0.228. The Morgan fingerprint density at radius 3 is 2.64 bits per heavy atom. The lowest BCUT2D eigenvalue weighted by Gasteiger charge is -2.07. The summed E-state index contributed by atoms with van der Waals surface area (Å²) < 4.78 is 4.92. The number of hydrogen-bond donors (Lipinski definition) is 1. The highest BCUT2D eigenvalue weighted by molar-refractivity contribution is 5.86. The van der Waals surface area contributed by atoms with E-state index in [-0.39, 0.29) is 12.6 Å². The summed E-state index contributed by atoms with van der Waals surface area (Å²) in [6, 6.07) is 0. The molecule has 0 aromatic rings. The molecule has 0 rings (SSSR count). The van der Waals surface area contributed by atoms with Gasteiger partial charge >= 0.3 is 5.97 Å². The van der Waals surface area contributed by atoms with E-state index in [1.54, 1.807) is 6.92 Å². The first-order valence-corrected chi connectivity index (χ1v) is 5.01. The minimum Gasteiger partial charge on any atom is -0.462 e. The molecule has 1 unspecified atom stereocenters. The van der Waals surface area contributed by atoms with E-state index < -0.39 is 0 Å². The Morgan fingerprint density at radius 2 is 2.14 bits per heavy atom. The second kappa shape index (κ2) is 7.56. The molecule has 82 valence electrons. The van der Waals surface area contributed by atoms with Gasteiger partial charge in [-0.3, -0.25) is 0 Å². The van der Waals surface area contributed by atoms with Gasteiger partial charge in [0.05, 0.1) is 6.61 Å². The predicted molar refractivity (Wildman–Crippen MR) is 55.9 cm³/mol. The largest absolute Gasteiger partial charge is 0.462 e. The van der Waals surface area contributed by atoms with Crippen LogP contribution in [-0.4, -0.2) is 24.3 Å². The second-order valence-electron chi connectivity index (χ2n) is 3.70. The topological polar surface area (TPSA) is 46.5 Å². The SMILES string of the molecule is C=C(C)C(=O)OCCCCC(C)CO. The van der Waals surface area contributed by atoms with Crippen molar-refractivity contribution in [1.29, 1.82) is 0 Å². The van der Waals surface area contributed by atoms with Crippen LogP contribution in [0.25, 0.3) is 0 Å². The average molecular weight is 200 g/mol. The number of rotatable bonds is 7. The fourth-order valence-corrected chi connectivity index (χ4v) is 0.974. The number of esters is 1. The fraction of sp³-hybridized carbons (Fsp3) is 0.727. The van der Waals surface area contributed by atoms with Gasteiger partial charge in [0.25, 0.3) is 0 Å². The number of aliphatic hydroxyl groups is 1. The maximum absolute atomic E-state index is 10.9. The van der Waals surface area contributed by atoms with Gasteiger partial charge in [0.15, 0.2) is 0 Å². The summed E-state index contributed by atoms with van der Waals surface area (Å²) in [4.78, 5) is 10.9. The van der Waals surface area contributed by atoms with Crippen molar-refractivity contribution >= 4 is 5.97 Å². The van der Waals surface area contributed by atoms with Crippen LogP contribution in [0, 0.1) is 5.92 Å². The molecule has 1 atom stereocenters. The predicted octanol–water partition coefficient (Wildman–Crippen LogP) is 1.90. The molecule has 0 saturated carbocycles. The van der Waals surface area contributed by atoms with Gasteiger partial charge < -0.3 is 9.84 Å². The summed E-state index contributed by atoms with van der Waals surface area (Å²) in [7, 11) is 0. The van der Waals surface area contributed by atoms with E-state index in [0.29, 0.717) is 18.1 Å². The quantitative estimate of drug-likeness (QED) is 0.388. The van der Waals surface area contributed by atoms with Crippen molar-refractivity contribution in [2.75, 3.05) is 13.2 Å². The number of aliphatic hydroxyl groups excluding tert-OH is 1. The Balaban J connectivity index is 3.30. The molecule has 14 heavy (non-hydrogen) atoms. The van der Waals surface area contributed by atoms with Crippen molar-refractivity contribution < 1.29 is 14.6 Å². The summed E-state index contributed by atoms with van der Waals surface area (Å²) >= 11 is 0. The first-order chi connectivity index (χ1) is 6.57. The molecule has 0 heterocycles. The summed E-state index contributed by atoms with van der Waals surface area (Å²) in [6.07, 6.45) is 2.80. The van der Waals surface area contributed by atoms with Crippen LogP contribution in [0.4, 0.5) is 0 Å². The van der Waals surface area contributed by atoms with Crippen molar-refractivity contribution in [1.82, 2.24) is 0 Å². The van der Waals surface area contributed by atoms with Gasteiger partial charge in [-0.1, -0.05) is 13.5 Å². The van der Waals surface area contributed by atoms with Crippen LogP contribution in [0.3, 0.4) is 0 Å². The molecule has 0 fully saturated rings. The number of carbonyl (C=O) groups excluding carboxylic acids is 1. The number of unbranched alkanes of at least 4 members (excludes halogenated alkanes) is 1. The average Bonchev–Trinajstić information content (AvgIpc) is 2.16. The van der Waals surface area contributed by atoms with E-state index in [4.69, 9.17) is 9.84 Å². The van der Waals surface area contributed by atoms with Crippen LogP contribution in [0.1, 0.15) is 33.1 Å². The molecule has 0 aliphatic rings. The lowest BCUT2D eigenvalue weighted by molar-refractivity contribution is -0.139. The molecule has 0 aromatic carbocycles. The van der Waals surface area contributed by atoms with Gasteiger partial charge in [0, 0.05) is 12.2 Å². The van der Waals surface area contributed by atoms with Crippen molar-refractivity contribution in [3.05, 3.63) is 12.2 Å². The molecule has 3 heteroatoms. The lowest BCUT2D eigenvalue weighted by atomic mass is 10.1. The van der Waals surface area contributed by atoms with Crippen molar-refractivity contribution in [3.8, 4) is 0 Å². The maximum Gasteiger partial charge on any atom is 0.333 e. The third kappa shape index (κ3) is 6.66. The van der Waals surface area contributed by atoms with E-state index >= 15 is 0 Å². The fourth-order valence-electron chi connectivity index (χ4n) is 0.974. The molecule has 0 spiro atoms. The Bertz CT molecular complexity index is 187. The first-order valence-electron chi connectivity index (χ1n) is 5.01. The summed E-state index contributed by atoms with van der Waals surface area (Å²) in [5.74, 6) is 0.0204. The summed E-state index contributed by atoms with van der Waals surface area (Å²) in [5, 5.41) is 8.76. The van der Waals surface area contributed by atoms with Crippen LogP contribution in [-0.2, 0) is 9.53 Å². The zero-order chi connectivity index (χ0) is 11.0. The third-order valence-corrected chi connectivity index (χ3v) is 1.98. The van der Waals surface area contributed by atoms with Crippen molar-refractivity contribution in [3.63, 3.8) is 0 Å². The Hall–Kier alpha value is -0.830. The van der Waals surface area contributed by atoms with Crippen LogP contribution in [0.15, 0.2) is 12.2 Å². The maximum atomic E-state index is 10.9. The van der Waals surface area contributed by atoms with Gasteiger partial charge in [-0.15, -0.1) is 0 Å². The van der Waals surface area contributed by atoms with E-state index in [1.165, 1.54) is 0 Å². The highest BCUT2D eigenvalue weighted by atomic mass is 16.5. The van der Waals surface area contributed by atoms with E-state index in [2.05, 4.69) is 6.58 Å². The van der Waals surface area contributed by atoms with Gasteiger partial charge in [-0.25, -0.2) is 4.79 Å². The minimum atomic E-state index is -0.319. The zero-order valence-electron chi connectivity index (χ0n) is 9.08. The molecule has 0 saturated heterocycles. The highest BCUT2D eigenvalue weighted by Gasteiger charge is 2.03. The van der Waals surface area contributed by atoms with Gasteiger partial charge in [-0.2, -0.15) is 0 Å². The summed E-state index contributed by atoms with van der Waals surface area (Å²) in [6.45, 7) is 7.80. The number of carbonyl (C=O) groups is 1. The van der Waals surface area contributed by atoms with Crippen molar-refractivity contribution in [2.24, 2.45) is 5.92 Å². The van der Waals surface area contributed by atoms with Crippen molar-refractivity contribution in [2.45, 2.75) is 33.1 Å². The molecule has 0 aliphatic heterocycles. The number of ether oxygens (including phenoxy) is 1. The van der Waals surface area contributed by atoms with Crippen LogP contribution in [0.5, 0.6) is 0 Å².